The lowest BCUT2D eigenvalue weighted by atomic mass is 10.1. The van der Waals surface area contributed by atoms with E-state index in [9.17, 15) is 9.90 Å². The van der Waals surface area contributed by atoms with Crippen LogP contribution in [0.2, 0.25) is 0 Å². The summed E-state index contributed by atoms with van der Waals surface area (Å²) in [5.74, 6) is 0.0163. The topological polar surface area (TPSA) is 105 Å². The van der Waals surface area contributed by atoms with E-state index >= 15 is 0 Å². The number of esters is 1. The van der Waals surface area contributed by atoms with Crippen molar-refractivity contribution < 1.29 is 19.4 Å². The molecule has 96 valence electrons. The molecule has 0 aliphatic heterocycles. The second-order valence-electron chi connectivity index (χ2n) is 3.36. The molecule has 0 heterocycles. The van der Waals surface area contributed by atoms with Crippen molar-refractivity contribution in [2.45, 2.75) is 6.10 Å². The van der Waals surface area contributed by atoms with Gasteiger partial charge >= 0.3 is 5.97 Å². The standard InChI is InChI=1S/C11H13N3O4/c1-17-11(16)7-18-9-4-2-8(3-5-9)10(15)6-13-14-12/h2-5,10,15H,6-7H2,1H3. The van der Waals surface area contributed by atoms with Crippen LogP contribution in [0.3, 0.4) is 0 Å². The van der Waals surface area contributed by atoms with Crippen molar-refractivity contribution in [2.24, 2.45) is 5.11 Å². The number of methoxy groups -OCH3 is 1. The fraction of sp³-hybridized carbons (Fsp3) is 0.364. The summed E-state index contributed by atoms with van der Waals surface area (Å²) in [6.45, 7) is -0.198. The molecule has 1 aromatic rings. The maximum absolute atomic E-state index is 10.8. The number of rotatable bonds is 6. The maximum atomic E-state index is 10.8. The van der Waals surface area contributed by atoms with E-state index in [-0.39, 0.29) is 13.2 Å². The molecule has 1 rings (SSSR count). The van der Waals surface area contributed by atoms with Crippen LogP contribution in [0.1, 0.15) is 11.7 Å². The molecule has 7 heteroatoms. The lowest BCUT2D eigenvalue weighted by Crippen LogP contribution is -2.12. The van der Waals surface area contributed by atoms with E-state index in [0.29, 0.717) is 11.3 Å². The van der Waals surface area contributed by atoms with E-state index in [1.54, 1.807) is 24.3 Å². The highest BCUT2D eigenvalue weighted by Crippen LogP contribution is 2.18. The largest absolute Gasteiger partial charge is 0.482 e. The predicted molar refractivity (Wildman–Crippen MR) is 62.9 cm³/mol. The van der Waals surface area contributed by atoms with Crippen molar-refractivity contribution in [1.82, 2.24) is 0 Å². The molecule has 0 saturated carbocycles. The second kappa shape index (κ2) is 7.16. The highest BCUT2D eigenvalue weighted by Gasteiger charge is 2.07. The molecule has 0 aliphatic rings. The minimum absolute atomic E-state index is 0.0289. The fourth-order valence-electron chi connectivity index (χ4n) is 1.21. The zero-order valence-corrected chi connectivity index (χ0v) is 9.81. The molecule has 0 amide bonds. The highest BCUT2D eigenvalue weighted by atomic mass is 16.6. The van der Waals surface area contributed by atoms with Crippen molar-refractivity contribution in [3.8, 4) is 5.75 Å². The molecule has 0 bridgehead atoms. The Bertz CT molecular complexity index is 440. The highest BCUT2D eigenvalue weighted by molar-refractivity contribution is 5.70. The third-order valence-electron chi connectivity index (χ3n) is 2.17. The second-order valence-corrected chi connectivity index (χ2v) is 3.36. The van der Waals surface area contributed by atoms with Crippen molar-refractivity contribution in [1.29, 1.82) is 0 Å². The van der Waals surface area contributed by atoms with E-state index < -0.39 is 12.1 Å². The molecule has 1 unspecified atom stereocenters. The van der Waals surface area contributed by atoms with Crippen LogP contribution in [0.4, 0.5) is 0 Å². The smallest absolute Gasteiger partial charge is 0.343 e. The average molecular weight is 251 g/mol. The van der Waals surface area contributed by atoms with Crippen molar-refractivity contribution in [3.63, 3.8) is 0 Å². The number of aliphatic hydroxyl groups is 1. The molecule has 0 spiro atoms. The van der Waals surface area contributed by atoms with E-state index in [1.807, 2.05) is 0 Å². The predicted octanol–water partition coefficient (Wildman–Crippen LogP) is 1.58. The van der Waals surface area contributed by atoms with Gasteiger partial charge in [-0.05, 0) is 23.2 Å². The fourth-order valence-corrected chi connectivity index (χ4v) is 1.21. The Hall–Kier alpha value is -2.24. The number of hydrogen-bond acceptors (Lipinski definition) is 5. The molecule has 0 aliphatic carbocycles. The number of carbonyl (C=O) groups is 1. The van der Waals surface area contributed by atoms with Gasteiger partial charge in [0.1, 0.15) is 5.75 Å². The van der Waals surface area contributed by atoms with Gasteiger partial charge in [0, 0.05) is 4.91 Å². The number of azide groups is 1. The summed E-state index contributed by atoms with van der Waals surface area (Å²) in [4.78, 5) is 13.4. The van der Waals surface area contributed by atoms with Gasteiger partial charge in [-0.25, -0.2) is 4.79 Å². The first-order valence-corrected chi connectivity index (χ1v) is 5.16. The van der Waals surface area contributed by atoms with Gasteiger partial charge in [-0.3, -0.25) is 0 Å². The van der Waals surface area contributed by atoms with Crippen LogP contribution in [-0.4, -0.2) is 31.3 Å². The Morgan fingerprint density at radius 2 is 2.17 bits per heavy atom. The van der Waals surface area contributed by atoms with E-state index in [4.69, 9.17) is 10.3 Å². The first-order valence-electron chi connectivity index (χ1n) is 5.16. The third-order valence-corrected chi connectivity index (χ3v) is 2.17. The van der Waals surface area contributed by atoms with Gasteiger partial charge < -0.3 is 14.6 Å². The van der Waals surface area contributed by atoms with Crippen LogP contribution in [0.5, 0.6) is 5.75 Å². The van der Waals surface area contributed by atoms with Gasteiger partial charge in [0.15, 0.2) is 6.61 Å². The summed E-state index contributed by atoms with van der Waals surface area (Å²) in [6, 6.07) is 6.48. The Labute approximate surface area is 104 Å². The van der Waals surface area contributed by atoms with Gasteiger partial charge in [0.2, 0.25) is 0 Å². The van der Waals surface area contributed by atoms with Crippen molar-refractivity contribution in [3.05, 3.63) is 40.3 Å². The minimum atomic E-state index is -0.851. The summed E-state index contributed by atoms with van der Waals surface area (Å²) in [5, 5.41) is 12.9. The van der Waals surface area contributed by atoms with Crippen LogP contribution in [0, 0.1) is 0 Å². The third kappa shape index (κ3) is 4.32. The van der Waals surface area contributed by atoms with Crippen LogP contribution >= 0.6 is 0 Å². The Balaban J connectivity index is 2.56. The van der Waals surface area contributed by atoms with Gasteiger partial charge in [-0.15, -0.1) is 0 Å². The molecule has 0 radical (unpaired) electrons. The molecule has 1 N–H and O–H groups in total. The summed E-state index contributed by atoms with van der Waals surface area (Å²) >= 11 is 0. The summed E-state index contributed by atoms with van der Waals surface area (Å²) in [6.07, 6.45) is -0.851. The summed E-state index contributed by atoms with van der Waals surface area (Å²) in [7, 11) is 1.28. The minimum Gasteiger partial charge on any atom is -0.482 e. The molecule has 0 aromatic heterocycles. The summed E-state index contributed by atoms with van der Waals surface area (Å²) < 4.78 is 9.56. The van der Waals surface area contributed by atoms with Gasteiger partial charge in [0.25, 0.3) is 0 Å². The lowest BCUT2D eigenvalue weighted by molar-refractivity contribution is -0.142. The van der Waals surface area contributed by atoms with Crippen LogP contribution in [0.15, 0.2) is 29.4 Å². The van der Waals surface area contributed by atoms with E-state index in [0.717, 1.165) is 0 Å². The molecule has 1 aromatic carbocycles. The van der Waals surface area contributed by atoms with Gasteiger partial charge in [0.05, 0.1) is 19.8 Å². The van der Waals surface area contributed by atoms with Crippen LogP contribution in [0.25, 0.3) is 10.4 Å². The number of nitrogens with zero attached hydrogens (tertiary/aromatic N) is 3. The van der Waals surface area contributed by atoms with E-state index in [2.05, 4.69) is 14.8 Å². The zero-order chi connectivity index (χ0) is 13.4. The zero-order valence-electron chi connectivity index (χ0n) is 9.81. The number of carbonyl (C=O) groups excluding carboxylic acids is 1. The molecule has 1 atom stereocenters. The SMILES string of the molecule is COC(=O)COc1ccc(C(O)CN=[N+]=[N-])cc1. The van der Waals surface area contributed by atoms with Crippen LogP contribution < -0.4 is 4.74 Å². The summed E-state index contributed by atoms with van der Waals surface area (Å²) in [5.41, 5.74) is 8.74. The molecule has 18 heavy (non-hydrogen) atoms. The number of ether oxygens (including phenoxy) is 2. The maximum Gasteiger partial charge on any atom is 0.343 e. The molecule has 0 saturated heterocycles. The first-order chi connectivity index (χ1) is 8.67. The number of aliphatic hydroxyl groups excluding tert-OH is 1. The number of hydrogen-bond donors (Lipinski definition) is 1. The van der Waals surface area contributed by atoms with Crippen molar-refractivity contribution >= 4 is 5.97 Å². The van der Waals surface area contributed by atoms with Crippen LogP contribution in [-0.2, 0) is 9.53 Å². The molecule has 0 fully saturated rings. The first kappa shape index (κ1) is 13.8. The Morgan fingerprint density at radius 1 is 1.50 bits per heavy atom. The number of benzene rings is 1. The molecular formula is C11H13N3O4. The van der Waals surface area contributed by atoms with Gasteiger partial charge in [-0.1, -0.05) is 17.2 Å². The van der Waals surface area contributed by atoms with Gasteiger partial charge in [-0.2, -0.15) is 0 Å². The van der Waals surface area contributed by atoms with E-state index in [1.165, 1.54) is 7.11 Å². The monoisotopic (exact) mass is 251 g/mol. The lowest BCUT2D eigenvalue weighted by Gasteiger charge is -2.09. The quantitative estimate of drug-likeness (QED) is 0.358. The molecule has 7 nitrogen and oxygen atoms in total. The Kier molecular flexibility index (Phi) is 5.50. The van der Waals surface area contributed by atoms with Crippen molar-refractivity contribution in [2.75, 3.05) is 20.3 Å². The Morgan fingerprint density at radius 3 is 2.72 bits per heavy atom. The normalized spacial score (nSPS) is 11.2. The molecular weight excluding hydrogens is 238 g/mol. The average Bonchev–Trinajstić information content (AvgIpc) is 2.42.